The molecule has 0 aliphatic carbocycles. The van der Waals surface area contributed by atoms with Crippen molar-refractivity contribution in [3.05, 3.63) is 86.5 Å². The van der Waals surface area contributed by atoms with Gasteiger partial charge in [-0.15, -0.1) is 0 Å². The van der Waals surface area contributed by atoms with Gasteiger partial charge in [0.1, 0.15) is 11.1 Å². The number of carbonyl (C=O) groups excluding carboxylic acids is 1. The molecule has 6 nitrogen and oxygen atoms in total. The maximum absolute atomic E-state index is 13.3. The quantitative estimate of drug-likeness (QED) is 0.559. The van der Waals surface area contributed by atoms with E-state index in [1.54, 1.807) is 48.5 Å². The Balaban J connectivity index is 1.83. The van der Waals surface area contributed by atoms with E-state index in [1.807, 2.05) is 0 Å². The fourth-order valence-electron chi connectivity index (χ4n) is 3.12. The first kappa shape index (κ1) is 18.6. The molecule has 0 saturated heterocycles. The largest absolute Gasteiger partial charge is 0.422 e. The smallest absolute Gasteiger partial charge is 0.349 e. The molecule has 2 aromatic carbocycles. The second-order valence-corrected chi connectivity index (χ2v) is 9.21. The summed E-state index contributed by atoms with van der Waals surface area (Å²) in [6, 6.07) is 14.5. The Labute approximate surface area is 169 Å². The minimum atomic E-state index is -3.40. The van der Waals surface area contributed by atoms with Crippen LogP contribution in [0.25, 0.3) is 11.0 Å². The molecule has 1 unspecified atom stereocenters. The summed E-state index contributed by atoms with van der Waals surface area (Å²) in [5.41, 5.74) is -0.0648. The zero-order valence-electron chi connectivity index (χ0n) is 14.4. The van der Waals surface area contributed by atoms with Gasteiger partial charge >= 0.3 is 5.63 Å². The number of para-hydroxylation sites is 1. The Morgan fingerprint density at radius 3 is 2.50 bits per heavy atom. The molecule has 0 bridgehead atoms. The summed E-state index contributed by atoms with van der Waals surface area (Å²) in [5.74, 6) is -0.859. The molecule has 1 atom stereocenters. The summed E-state index contributed by atoms with van der Waals surface area (Å²) in [4.78, 5) is 27.1. The predicted molar refractivity (Wildman–Crippen MR) is 110 cm³/mol. The number of rotatable bonds is 3. The highest BCUT2D eigenvalue weighted by molar-refractivity contribution is 9.10. The zero-order chi connectivity index (χ0) is 19.9. The summed E-state index contributed by atoms with van der Waals surface area (Å²) in [6.45, 7) is 0. The third kappa shape index (κ3) is 3.53. The van der Waals surface area contributed by atoms with Gasteiger partial charge in [-0.1, -0.05) is 34.1 Å². The van der Waals surface area contributed by atoms with Crippen LogP contribution in [0.2, 0.25) is 0 Å². The Morgan fingerprint density at radius 1 is 1.11 bits per heavy atom. The summed E-state index contributed by atoms with van der Waals surface area (Å²) >= 11 is 3.34. The summed E-state index contributed by atoms with van der Waals surface area (Å²) in [6.07, 6.45) is 1.46. The third-order valence-electron chi connectivity index (χ3n) is 4.44. The van der Waals surface area contributed by atoms with Gasteiger partial charge in [0, 0.05) is 21.0 Å². The lowest BCUT2D eigenvalue weighted by Crippen LogP contribution is -2.42. The molecule has 0 N–H and O–H groups in total. The fraction of sp³-hybridized carbons (Fsp3) is 0.100. The van der Waals surface area contributed by atoms with Crippen LogP contribution in [-0.4, -0.2) is 26.1 Å². The van der Waals surface area contributed by atoms with Gasteiger partial charge in [-0.2, -0.15) is 0 Å². The van der Waals surface area contributed by atoms with E-state index in [9.17, 15) is 18.0 Å². The molecule has 3 aromatic rings. The fourth-order valence-corrected chi connectivity index (χ4v) is 4.65. The van der Waals surface area contributed by atoms with E-state index in [4.69, 9.17) is 4.42 Å². The van der Waals surface area contributed by atoms with Crippen molar-refractivity contribution >= 4 is 48.3 Å². The first-order valence-electron chi connectivity index (χ1n) is 8.37. The molecule has 0 fully saturated rings. The van der Waals surface area contributed by atoms with Gasteiger partial charge in [0.05, 0.1) is 11.8 Å². The van der Waals surface area contributed by atoms with Crippen molar-refractivity contribution in [1.29, 1.82) is 0 Å². The highest BCUT2D eigenvalue weighted by Crippen LogP contribution is 2.26. The average Bonchev–Trinajstić information content (AvgIpc) is 3.02. The van der Waals surface area contributed by atoms with Crippen LogP contribution in [0.4, 0.5) is 5.69 Å². The minimum Gasteiger partial charge on any atom is -0.422 e. The minimum absolute atomic E-state index is 0.153. The second-order valence-electron chi connectivity index (χ2n) is 6.36. The molecular weight excluding hydrogens is 446 g/mol. The molecule has 28 heavy (non-hydrogen) atoms. The summed E-state index contributed by atoms with van der Waals surface area (Å²) < 4.78 is 29.9. The molecule has 0 spiro atoms. The normalized spacial score (nSPS) is 17.7. The lowest BCUT2D eigenvalue weighted by Gasteiger charge is -2.27. The molecule has 142 valence electrons. The monoisotopic (exact) mass is 459 g/mol. The standard InChI is InChI=1S/C20H14BrNO5S/c21-14-5-7-15(8-6-14)22(16-9-10-28(25,26)12-16)19(23)17-11-13-3-1-2-4-18(13)27-20(17)24/h1-11,16H,12H2. The summed E-state index contributed by atoms with van der Waals surface area (Å²) in [7, 11) is -3.40. The van der Waals surface area contributed by atoms with Crippen molar-refractivity contribution in [3.8, 4) is 0 Å². The van der Waals surface area contributed by atoms with Crippen LogP contribution in [0.15, 0.2) is 79.8 Å². The number of carbonyl (C=O) groups is 1. The van der Waals surface area contributed by atoms with Crippen molar-refractivity contribution in [2.45, 2.75) is 6.04 Å². The molecular formula is C20H14BrNO5S. The Kier molecular flexibility index (Phi) is 4.68. The van der Waals surface area contributed by atoms with Crippen LogP contribution >= 0.6 is 15.9 Å². The maximum atomic E-state index is 13.3. The van der Waals surface area contributed by atoms with E-state index in [0.717, 1.165) is 9.88 Å². The number of hydrogen-bond donors (Lipinski definition) is 0. The van der Waals surface area contributed by atoms with Gasteiger partial charge in [0.2, 0.25) is 0 Å². The molecule has 2 heterocycles. The van der Waals surface area contributed by atoms with Gasteiger partial charge < -0.3 is 9.32 Å². The first-order chi connectivity index (χ1) is 13.3. The average molecular weight is 460 g/mol. The Hall–Kier alpha value is -2.71. The molecule has 1 aromatic heterocycles. The summed E-state index contributed by atoms with van der Waals surface area (Å²) in [5, 5.41) is 1.70. The molecule has 4 rings (SSSR count). The van der Waals surface area contributed by atoms with Crippen LogP contribution in [-0.2, 0) is 9.84 Å². The number of anilines is 1. The van der Waals surface area contributed by atoms with Crippen LogP contribution in [0.1, 0.15) is 10.4 Å². The number of benzene rings is 2. The van der Waals surface area contributed by atoms with E-state index in [2.05, 4.69) is 15.9 Å². The van der Waals surface area contributed by atoms with Gasteiger partial charge in [0.25, 0.3) is 5.91 Å². The van der Waals surface area contributed by atoms with E-state index in [0.29, 0.717) is 16.7 Å². The lowest BCUT2D eigenvalue weighted by molar-refractivity contribution is 0.0979. The van der Waals surface area contributed by atoms with Crippen LogP contribution < -0.4 is 10.5 Å². The van der Waals surface area contributed by atoms with E-state index in [-0.39, 0.29) is 11.3 Å². The third-order valence-corrected chi connectivity index (χ3v) is 6.34. The highest BCUT2D eigenvalue weighted by Gasteiger charge is 2.33. The maximum Gasteiger partial charge on any atom is 0.349 e. The van der Waals surface area contributed by atoms with Crippen molar-refractivity contribution in [2.75, 3.05) is 10.7 Å². The van der Waals surface area contributed by atoms with E-state index >= 15 is 0 Å². The van der Waals surface area contributed by atoms with Crippen molar-refractivity contribution in [3.63, 3.8) is 0 Å². The van der Waals surface area contributed by atoms with Crippen molar-refractivity contribution in [2.24, 2.45) is 0 Å². The van der Waals surface area contributed by atoms with Gasteiger partial charge in [-0.05, 0) is 42.5 Å². The predicted octanol–water partition coefficient (Wildman–Crippen LogP) is 3.51. The van der Waals surface area contributed by atoms with Crippen molar-refractivity contribution < 1.29 is 17.6 Å². The van der Waals surface area contributed by atoms with Crippen LogP contribution in [0.5, 0.6) is 0 Å². The van der Waals surface area contributed by atoms with Gasteiger partial charge in [-0.25, -0.2) is 13.2 Å². The number of nitrogens with zero attached hydrogens (tertiary/aromatic N) is 1. The molecule has 0 radical (unpaired) electrons. The number of amides is 1. The first-order valence-corrected chi connectivity index (χ1v) is 10.9. The topological polar surface area (TPSA) is 84.7 Å². The number of fused-ring (bicyclic) bond motifs is 1. The zero-order valence-corrected chi connectivity index (χ0v) is 16.8. The molecule has 1 amide bonds. The SMILES string of the molecule is O=C(c1cc2ccccc2oc1=O)N(c1ccc(Br)cc1)C1C=CS(=O)(=O)C1. The lowest BCUT2D eigenvalue weighted by atomic mass is 10.1. The molecule has 1 aliphatic rings. The number of hydrogen-bond acceptors (Lipinski definition) is 5. The number of halogens is 1. The van der Waals surface area contributed by atoms with E-state index < -0.39 is 27.4 Å². The molecule has 8 heteroatoms. The van der Waals surface area contributed by atoms with Crippen LogP contribution in [0.3, 0.4) is 0 Å². The van der Waals surface area contributed by atoms with Gasteiger partial charge in [0.15, 0.2) is 9.84 Å². The molecule has 0 saturated carbocycles. The number of sulfone groups is 1. The Morgan fingerprint density at radius 2 is 1.82 bits per heavy atom. The van der Waals surface area contributed by atoms with Crippen LogP contribution in [0, 0.1) is 0 Å². The molecule has 1 aliphatic heterocycles. The van der Waals surface area contributed by atoms with Gasteiger partial charge in [-0.3, -0.25) is 4.79 Å². The highest BCUT2D eigenvalue weighted by atomic mass is 79.9. The van der Waals surface area contributed by atoms with Crippen molar-refractivity contribution in [1.82, 2.24) is 0 Å². The van der Waals surface area contributed by atoms with E-state index in [1.165, 1.54) is 17.0 Å². The second kappa shape index (κ2) is 7.03. The Bertz CT molecular complexity index is 1260.